The highest BCUT2D eigenvalue weighted by molar-refractivity contribution is 5.91. The second-order valence-electron chi connectivity index (χ2n) is 5.54. The number of benzene rings is 1. The zero-order valence-corrected chi connectivity index (χ0v) is 13.8. The number of carbonyl (C=O) groups excluding carboxylic acids is 1. The minimum atomic E-state index is -0.0689. The fraction of sp³-hybridized carbons (Fsp3) is 0.312. The SMILES string of the molecule is Cc1noc(C)c1CCC(=O)Nc1cccc(-n2nnnc2C)c1. The first-order valence-corrected chi connectivity index (χ1v) is 7.61. The van der Waals surface area contributed by atoms with Crippen LogP contribution in [0.3, 0.4) is 0 Å². The third-order valence-corrected chi connectivity index (χ3v) is 3.78. The summed E-state index contributed by atoms with van der Waals surface area (Å²) in [6, 6.07) is 7.39. The van der Waals surface area contributed by atoms with Crippen LogP contribution < -0.4 is 5.32 Å². The number of hydrogen-bond donors (Lipinski definition) is 1. The van der Waals surface area contributed by atoms with Gasteiger partial charge < -0.3 is 9.84 Å². The van der Waals surface area contributed by atoms with Crippen molar-refractivity contribution in [1.29, 1.82) is 0 Å². The Hall–Kier alpha value is -3.03. The van der Waals surface area contributed by atoms with E-state index in [1.54, 1.807) is 4.68 Å². The fourth-order valence-corrected chi connectivity index (χ4v) is 2.51. The topological polar surface area (TPSA) is 98.7 Å². The van der Waals surface area contributed by atoms with Crippen molar-refractivity contribution in [2.45, 2.75) is 33.6 Å². The smallest absolute Gasteiger partial charge is 0.224 e. The first-order chi connectivity index (χ1) is 11.5. The molecule has 0 aliphatic heterocycles. The van der Waals surface area contributed by atoms with Crippen LogP contribution in [0.4, 0.5) is 5.69 Å². The van der Waals surface area contributed by atoms with E-state index in [2.05, 4.69) is 26.0 Å². The van der Waals surface area contributed by atoms with Gasteiger partial charge in [-0.2, -0.15) is 4.68 Å². The van der Waals surface area contributed by atoms with E-state index in [9.17, 15) is 4.79 Å². The Balaban J connectivity index is 1.66. The predicted molar refractivity (Wildman–Crippen MR) is 86.8 cm³/mol. The van der Waals surface area contributed by atoms with E-state index >= 15 is 0 Å². The van der Waals surface area contributed by atoms with Gasteiger partial charge in [0, 0.05) is 17.7 Å². The van der Waals surface area contributed by atoms with Crippen molar-refractivity contribution in [1.82, 2.24) is 25.4 Å². The van der Waals surface area contributed by atoms with Crippen LogP contribution in [-0.4, -0.2) is 31.3 Å². The van der Waals surface area contributed by atoms with Gasteiger partial charge in [-0.1, -0.05) is 11.2 Å². The summed E-state index contributed by atoms with van der Waals surface area (Å²) in [4.78, 5) is 12.2. The summed E-state index contributed by atoms with van der Waals surface area (Å²) in [5.74, 6) is 1.37. The number of carbonyl (C=O) groups is 1. The quantitative estimate of drug-likeness (QED) is 0.771. The van der Waals surface area contributed by atoms with Crippen LogP contribution in [0.5, 0.6) is 0 Å². The van der Waals surface area contributed by atoms with Gasteiger partial charge in [-0.25, -0.2) is 0 Å². The van der Waals surface area contributed by atoms with Crippen LogP contribution >= 0.6 is 0 Å². The zero-order valence-electron chi connectivity index (χ0n) is 13.8. The summed E-state index contributed by atoms with van der Waals surface area (Å²) in [5.41, 5.74) is 3.31. The number of anilines is 1. The lowest BCUT2D eigenvalue weighted by molar-refractivity contribution is -0.116. The molecule has 24 heavy (non-hydrogen) atoms. The average molecular weight is 326 g/mol. The van der Waals surface area contributed by atoms with Gasteiger partial charge in [0.05, 0.1) is 11.4 Å². The van der Waals surface area contributed by atoms with Gasteiger partial charge in [-0.3, -0.25) is 4.79 Å². The zero-order chi connectivity index (χ0) is 17.1. The first kappa shape index (κ1) is 15.9. The summed E-state index contributed by atoms with van der Waals surface area (Å²) in [6.45, 7) is 5.54. The summed E-state index contributed by atoms with van der Waals surface area (Å²) in [7, 11) is 0. The molecular formula is C16H18N6O2. The Morgan fingerprint density at radius 2 is 2.12 bits per heavy atom. The van der Waals surface area contributed by atoms with Crippen LogP contribution in [0.15, 0.2) is 28.8 Å². The van der Waals surface area contributed by atoms with E-state index in [1.165, 1.54) is 0 Å². The number of nitrogens with one attached hydrogen (secondary N) is 1. The number of tetrazole rings is 1. The molecule has 0 aliphatic rings. The number of amides is 1. The maximum absolute atomic E-state index is 12.2. The van der Waals surface area contributed by atoms with Crippen molar-refractivity contribution in [3.05, 3.63) is 47.1 Å². The Kier molecular flexibility index (Phi) is 4.37. The minimum Gasteiger partial charge on any atom is -0.361 e. The van der Waals surface area contributed by atoms with Crippen LogP contribution in [0.25, 0.3) is 5.69 Å². The Labute approximate surface area is 138 Å². The van der Waals surface area contributed by atoms with Crippen molar-refractivity contribution < 1.29 is 9.32 Å². The first-order valence-electron chi connectivity index (χ1n) is 7.61. The molecule has 0 saturated heterocycles. The van der Waals surface area contributed by atoms with E-state index in [4.69, 9.17) is 4.52 Å². The molecule has 1 N–H and O–H groups in total. The van der Waals surface area contributed by atoms with E-state index in [1.807, 2.05) is 45.0 Å². The molecule has 2 aromatic heterocycles. The monoisotopic (exact) mass is 326 g/mol. The van der Waals surface area contributed by atoms with Gasteiger partial charge in [-0.15, -0.1) is 5.10 Å². The van der Waals surface area contributed by atoms with Crippen LogP contribution in [0.1, 0.15) is 29.3 Å². The molecule has 8 nitrogen and oxygen atoms in total. The van der Waals surface area contributed by atoms with Gasteiger partial charge in [0.1, 0.15) is 5.76 Å². The maximum atomic E-state index is 12.2. The molecule has 124 valence electrons. The molecule has 0 fully saturated rings. The minimum absolute atomic E-state index is 0.0689. The fourth-order valence-electron chi connectivity index (χ4n) is 2.51. The molecular weight excluding hydrogens is 308 g/mol. The molecule has 0 radical (unpaired) electrons. The van der Waals surface area contributed by atoms with Gasteiger partial charge in [0.2, 0.25) is 5.91 Å². The molecule has 1 aromatic carbocycles. The summed E-state index contributed by atoms with van der Waals surface area (Å²) < 4.78 is 6.72. The van der Waals surface area contributed by atoms with Gasteiger partial charge in [0.15, 0.2) is 5.82 Å². The lowest BCUT2D eigenvalue weighted by Gasteiger charge is -2.08. The molecule has 2 heterocycles. The number of hydrogen-bond acceptors (Lipinski definition) is 6. The molecule has 8 heteroatoms. The third-order valence-electron chi connectivity index (χ3n) is 3.78. The summed E-state index contributed by atoms with van der Waals surface area (Å²) in [5, 5.41) is 18.2. The van der Waals surface area contributed by atoms with Crippen LogP contribution in [0.2, 0.25) is 0 Å². The Bertz CT molecular complexity index is 848. The molecule has 0 unspecified atom stereocenters. The lowest BCUT2D eigenvalue weighted by Crippen LogP contribution is -2.13. The lowest BCUT2D eigenvalue weighted by atomic mass is 10.1. The van der Waals surface area contributed by atoms with Crippen LogP contribution in [0, 0.1) is 20.8 Å². The molecule has 0 atom stereocenters. The van der Waals surface area contributed by atoms with Crippen LogP contribution in [-0.2, 0) is 11.2 Å². The summed E-state index contributed by atoms with van der Waals surface area (Å²) in [6.07, 6.45) is 0.954. The third kappa shape index (κ3) is 3.32. The largest absolute Gasteiger partial charge is 0.361 e. The second-order valence-corrected chi connectivity index (χ2v) is 5.54. The molecule has 0 bridgehead atoms. The van der Waals surface area contributed by atoms with E-state index in [0.29, 0.717) is 24.4 Å². The maximum Gasteiger partial charge on any atom is 0.224 e. The van der Waals surface area contributed by atoms with Crippen molar-refractivity contribution in [2.24, 2.45) is 0 Å². The highest BCUT2D eigenvalue weighted by Gasteiger charge is 2.12. The van der Waals surface area contributed by atoms with Crippen molar-refractivity contribution in [3.8, 4) is 5.69 Å². The molecule has 1 amide bonds. The molecule has 3 aromatic rings. The molecule has 0 aliphatic carbocycles. The van der Waals surface area contributed by atoms with E-state index in [0.717, 1.165) is 22.7 Å². The highest BCUT2D eigenvalue weighted by atomic mass is 16.5. The second kappa shape index (κ2) is 6.61. The van der Waals surface area contributed by atoms with Gasteiger partial charge in [0.25, 0.3) is 0 Å². The van der Waals surface area contributed by atoms with Crippen molar-refractivity contribution in [3.63, 3.8) is 0 Å². The number of aryl methyl sites for hydroxylation is 3. The standard InChI is InChI=1S/C16H18N6O2/c1-10-15(11(2)24-19-10)7-8-16(23)17-13-5-4-6-14(9-13)22-12(3)18-20-21-22/h4-6,9H,7-8H2,1-3H3,(H,17,23). The van der Waals surface area contributed by atoms with Crippen molar-refractivity contribution >= 4 is 11.6 Å². The predicted octanol–water partition coefficient (Wildman–Crippen LogP) is 2.15. The van der Waals surface area contributed by atoms with E-state index < -0.39 is 0 Å². The van der Waals surface area contributed by atoms with Crippen molar-refractivity contribution in [2.75, 3.05) is 5.32 Å². The van der Waals surface area contributed by atoms with Gasteiger partial charge in [-0.05, 0) is 55.8 Å². The molecule has 0 spiro atoms. The molecule has 0 saturated carbocycles. The molecule has 3 rings (SSSR count). The Morgan fingerprint density at radius 3 is 2.79 bits per heavy atom. The highest BCUT2D eigenvalue weighted by Crippen LogP contribution is 2.17. The van der Waals surface area contributed by atoms with Gasteiger partial charge >= 0.3 is 0 Å². The summed E-state index contributed by atoms with van der Waals surface area (Å²) >= 11 is 0. The number of aromatic nitrogens is 5. The Morgan fingerprint density at radius 1 is 1.29 bits per heavy atom. The number of nitrogens with zero attached hydrogens (tertiary/aromatic N) is 5. The normalized spacial score (nSPS) is 10.8. The van der Waals surface area contributed by atoms with E-state index in [-0.39, 0.29) is 5.91 Å². The average Bonchev–Trinajstić information content (AvgIpc) is 3.12. The number of rotatable bonds is 5.